The quantitative estimate of drug-likeness (QED) is 0.307. The summed E-state index contributed by atoms with van der Waals surface area (Å²) < 4.78 is 33.4. The van der Waals surface area contributed by atoms with Crippen molar-refractivity contribution in [2.75, 3.05) is 6.61 Å². The van der Waals surface area contributed by atoms with Gasteiger partial charge in [-0.15, -0.1) is 0 Å². The Labute approximate surface area is 254 Å². The van der Waals surface area contributed by atoms with Gasteiger partial charge < -0.3 is 33.5 Å². The fourth-order valence-electron chi connectivity index (χ4n) is 5.03. The van der Waals surface area contributed by atoms with Crippen molar-refractivity contribution in [2.45, 2.75) is 89.7 Å². The minimum Gasteiger partial charge on any atom is -0.490 e. The van der Waals surface area contributed by atoms with E-state index in [1.165, 1.54) is 19.4 Å². The van der Waals surface area contributed by atoms with Gasteiger partial charge in [0.05, 0.1) is 6.10 Å². The van der Waals surface area contributed by atoms with Crippen LogP contribution in [0.1, 0.15) is 63.6 Å². The molecule has 0 aromatic heterocycles. The number of hydrogen-bond acceptors (Lipinski definition) is 11. The molecule has 11 nitrogen and oxygen atoms in total. The third-order valence-corrected chi connectivity index (χ3v) is 7.55. The van der Waals surface area contributed by atoms with Crippen molar-refractivity contribution in [1.82, 2.24) is 0 Å². The second-order valence-corrected chi connectivity index (χ2v) is 11.0. The van der Waals surface area contributed by atoms with Crippen LogP contribution in [0.2, 0.25) is 5.02 Å². The number of halogens is 1. The fourth-order valence-corrected chi connectivity index (χ4v) is 5.22. The van der Waals surface area contributed by atoms with Gasteiger partial charge in [0, 0.05) is 38.3 Å². The molecule has 12 heteroatoms. The van der Waals surface area contributed by atoms with Crippen molar-refractivity contribution >= 4 is 35.5 Å². The Balaban J connectivity index is 1.71. The molecule has 2 aliphatic rings. The van der Waals surface area contributed by atoms with E-state index in [9.17, 15) is 24.3 Å². The summed E-state index contributed by atoms with van der Waals surface area (Å²) in [6.07, 6.45) is -2.08. The lowest BCUT2D eigenvalue weighted by Gasteiger charge is -2.48. The van der Waals surface area contributed by atoms with E-state index in [0.717, 1.165) is 44.9 Å². The summed E-state index contributed by atoms with van der Waals surface area (Å²) in [6, 6.07) is 12.2. The Bertz CT molecular complexity index is 1340. The summed E-state index contributed by atoms with van der Waals surface area (Å²) in [4.78, 5) is 48.0. The molecular formula is C31H35ClO11. The average molecular weight is 619 g/mol. The smallest absolute Gasteiger partial charge is 0.303 e. The average Bonchev–Trinajstić information content (AvgIpc) is 2.90. The first-order chi connectivity index (χ1) is 20.4. The van der Waals surface area contributed by atoms with Gasteiger partial charge in [0.15, 0.2) is 12.2 Å². The van der Waals surface area contributed by atoms with E-state index in [0.29, 0.717) is 17.0 Å². The zero-order valence-electron chi connectivity index (χ0n) is 24.4. The normalized spacial score (nSPS) is 25.2. The lowest BCUT2D eigenvalue weighted by molar-refractivity contribution is -0.360. The Morgan fingerprint density at radius 2 is 1.51 bits per heavy atom. The van der Waals surface area contributed by atoms with Crippen LogP contribution in [0.4, 0.5) is 0 Å². The van der Waals surface area contributed by atoms with Crippen LogP contribution in [-0.2, 0) is 55.1 Å². The summed E-state index contributed by atoms with van der Waals surface area (Å²) in [5.74, 6) is -4.76. The highest BCUT2D eigenvalue weighted by molar-refractivity contribution is 6.31. The minimum atomic E-state index is -2.45. The summed E-state index contributed by atoms with van der Waals surface area (Å²) in [5, 5.41) is 12.5. The van der Waals surface area contributed by atoms with Crippen molar-refractivity contribution in [3.05, 3.63) is 64.2 Å². The minimum absolute atomic E-state index is 0.106. The van der Waals surface area contributed by atoms with Crippen LogP contribution in [0.5, 0.6) is 5.75 Å². The predicted molar refractivity (Wildman–Crippen MR) is 151 cm³/mol. The van der Waals surface area contributed by atoms with Crippen LogP contribution < -0.4 is 4.74 Å². The first-order valence-corrected chi connectivity index (χ1v) is 14.3. The number of hydrogen-bond donors (Lipinski definition) is 1. The topological polar surface area (TPSA) is 144 Å². The number of benzene rings is 2. The molecule has 1 saturated heterocycles. The summed E-state index contributed by atoms with van der Waals surface area (Å²) >= 11 is 6.55. The molecule has 232 valence electrons. The second kappa shape index (κ2) is 13.7. The predicted octanol–water partition coefficient (Wildman–Crippen LogP) is 3.76. The van der Waals surface area contributed by atoms with Crippen molar-refractivity contribution in [1.29, 1.82) is 0 Å². The molecule has 1 N–H and O–H groups in total. The molecule has 1 aliphatic heterocycles. The van der Waals surface area contributed by atoms with Crippen LogP contribution in [0.15, 0.2) is 42.5 Å². The molecule has 1 saturated carbocycles. The highest BCUT2D eigenvalue weighted by Crippen LogP contribution is 2.42. The number of rotatable bonds is 10. The first-order valence-electron chi connectivity index (χ1n) is 14.0. The molecule has 2 aromatic rings. The molecular weight excluding hydrogens is 584 g/mol. The molecule has 0 radical (unpaired) electrons. The van der Waals surface area contributed by atoms with Crippen molar-refractivity contribution in [2.24, 2.45) is 0 Å². The van der Waals surface area contributed by atoms with E-state index in [2.05, 4.69) is 0 Å². The van der Waals surface area contributed by atoms with E-state index >= 15 is 0 Å². The Hall–Kier alpha value is -3.67. The van der Waals surface area contributed by atoms with Crippen LogP contribution in [0.25, 0.3) is 0 Å². The van der Waals surface area contributed by atoms with E-state index < -0.39 is 60.7 Å². The SMILES string of the molecule is CC(=O)OC[C@H]1O[C@](O)(c2ccc(Cl)c(Cc3ccc(OC4CCC4)cc3)c2)[C@H](OC(C)=O)[C@@H](OC(C)=O)[C@@H]1OC(C)=O. The van der Waals surface area contributed by atoms with Crippen LogP contribution >= 0.6 is 11.6 Å². The van der Waals surface area contributed by atoms with Gasteiger partial charge in [0.1, 0.15) is 18.5 Å². The highest BCUT2D eigenvalue weighted by Gasteiger charge is 2.60. The van der Waals surface area contributed by atoms with E-state index in [4.69, 9.17) is 40.0 Å². The van der Waals surface area contributed by atoms with Crippen LogP contribution in [0, 0.1) is 0 Å². The van der Waals surface area contributed by atoms with E-state index in [1.807, 2.05) is 24.3 Å². The van der Waals surface area contributed by atoms with Gasteiger partial charge in [0.25, 0.3) is 0 Å². The first kappa shape index (κ1) is 32.2. The standard InChI is InChI=1S/C31H35ClO11/c1-17(33)38-16-27-28(39-18(2)34)29(40-19(3)35)30(41-20(4)36)31(37,43-27)23-10-13-26(32)22(15-23)14-21-8-11-25(12-9-21)42-24-6-5-7-24/h8-13,15,24,27-30,37H,5-7,14,16H2,1-4H3/t27-,28-,29+,30-,31-/m1/s1. The van der Waals surface area contributed by atoms with Crippen LogP contribution in [-0.4, -0.2) is 66.1 Å². The molecule has 0 unspecified atom stereocenters. The lowest BCUT2D eigenvalue weighted by atomic mass is 9.86. The number of carbonyl (C=O) groups excluding carboxylic acids is 4. The number of carbonyl (C=O) groups is 4. The molecule has 5 atom stereocenters. The molecule has 0 spiro atoms. The van der Waals surface area contributed by atoms with Gasteiger partial charge in [0.2, 0.25) is 11.9 Å². The molecule has 1 heterocycles. The fraction of sp³-hybridized carbons (Fsp3) is 0.484. The zero-order chi connectivity index (χ0) is 31.3. The Morgan fingerprint density at radius 1 is 0.884 bits per heavy atom. The highest BCUT2D eigenvalue weighted by atomic mass is 35.5. The largest absolute Gasteiger partial charge is 0.490 e. The van der Waals surface area contributed by atoms with Crippen molar-refractivity contribution < 1.29 is 52.7 Å². The third kappa shape index (κ3) is 8.04. The number of ether oxygens (including phenoxy) is 6. The summed E-state index contributed by atoms with van der Waals surface area (Å²) in [7, 11) is 0. The Kier molecular flexibility index (Phi) is 10.3. The van der Waals surface area contributed by atoms with Crippen molar-refractivity contribution in [3.8, 4) is 5.75 Å². The number of aliphatic hydroxyl groups is 1. The van der Waals surface area contributed by atoms with Crippen LogP contribution in [0.3, 0.4) is 0 Å². The van der Waals surface area contributed by atoms with E-state index in [-0.39, 0.29) is 11.7 Å². The van der Waals surface area contributed by atoms with E-state index in [1.54, 1.807) is 12.1 Å². The van der Waals surface area contributed by atoms with Crippen molar-refractivity contribution in [3.63, 3.8) is 0 Å². The molecule has 4 rings (SSSR count). The number of esters is 4. The van der Waals surface area contributed by atoms with Gasteiger partial charge in [-0.1, -0.05) is 29.8 Å². The molecule has 43 heavy (non-hydrogen) atoms. The van der Waals surface area contributed by atoms with Gasteiger partial charge in [-0.25, -0.2) is 0 Å². The maximum absolute atomic E-state index is 12.2. The molecule has 0 amide bonds. The third-order valence-electron chi connectivity index (χ3n) is 7.19. The molecule has 1 aliphatic carbocycles. The van der Waals surface area contributed by atoms with Gasteiger partial charge in [-0.2, -0.15) is 0 Å². The van der Waals surface area contributed by atoms with Gasteiger partial charge >= 0.3 is 23.9 Å². The van der Waals surface area contributed by atoms with Gasteiger partial charge in [-0.05, 0) is 61.1 Å². The molecule has 2 aromatic carbocycles. The Morgan fingerprint density at radius 3 is 2.07 bits per heavy atom. The molecule has 0 bridgehead atoms. The summed E-state index contributed by atoms with van der Waals surface area (Å²) in [6.45, 7) is 4.01. The second-order valence-electron chi connectivity index (χ2n) is 10.6. The molecule has 2 fully saturated rings. The maximum atomic E-state index is 12.2. The van der Waals surface area contributed by atoms with Gasteiger partial charge in [-0.3, -0.25) is 19.2 Å². The summed E-state index contributed by atoms with van der Waals surface area (Å²) in [5.41, 5.74) is 1.62. The zero-order valence-corrected chi connectivity index (χ0v) is 25.1. The monoisotopic (exact) mass is 618 g/mol. The maximum Gasteiger partial charge on any atom is 0.303 e. The lowest BCUT2D eigenvalue weighted by Crippen LogP contribution is -2.66.